The number of Topliss-reactive ketones (excluding diaryl/α,β-unsaturated/α-hetero) is 1. The van der Waals surface area contributed by atoms with Crippen LogP contribution in [0.1, 0.15) is 16.8 Å². The van der Waals surface area contributed by atoms with Crippen LogP contribution in [0.3, 0.4) is 0 Å². The summed E-state index contributed by atoms with van der Waals surface area (Å²) >= 11 is 0. The zero-order chi connectivity index (χ0) is 19.0. The molecule has 0 amide bonds. The van der Waals surface area contributed by atoms with Gasteiger partial charge in [-0.3, -0.25) is 4.79 Å². The number of aromatic nitrogens is 2. The number of phenolic OH excluding ortho intramolecular Hbond substituents is 1. The number of carbonyl (C=O) groups excluding carboxylic acids is 1. The van der Waals surface area contributed by atoms with Crippen molar-refractivity contribution in [2.75, 3.05) is 13.2 Å². The summed E-state index contributed by atoms with van der Waals surface area (Å²) in [4.78, 5) is 16.8. The Bertz CT molecular complexity index is 1010. The molecule has 0 aliphatic carbocycles. The molecule has 0 saturated heterocycles. The molecule has 2 aromatic carbocycles. The number of aromatic hydroxyl groups is 1. The number of rotatable bonds is 4. The van der Waals surface area contributed by atoms with Gasteiger partial charge in [0.25, 0.3) is 5.89 Å². The Labute approximate surface area is 153 Å². The van der Waals surface area contributed by atoms with E-state index in [9.17, 15) is 20.1 Å². The summed E-state index contributed by atoms with van der Waals surface area (Å²) in [6, 6.07) is 11.3. The molecule has 0 unspecified atom stereocenters. The summed E-state index contributed by atoms with van der Waals surface area (Å²) in [5.41, 5.74) is 0.142. The normalized spacial score (nSPS) is 15.3. The van der Waals surface area contributed by atoms with Crippen LogP contribution in [0, 0.1) is 0 Å². The summed E-state index contributed by atoms with van der Waals surface area (Å²) in [5.74, 6) is 0.636. The Morgan fingerprint density at radius 1 is 1.07 bits per heavy atom. The molecule has 0 radical (unpaired) electrons. The first-order valence-corrected chi connectivity index (χ1v) is 8.25. The van der Waals surface area contributed by atoms with Crippen molar-refractivity contribution in [1.82, 2.24) is 10.1 Å². The second-order valence-electron chi connectivity index (χ2n) is 6.39. The highest BCUT2D eigenvalue weighted by atomic mass is 16.5. The molecule has 0 fully saturated rings. The van der Waals surface area contributed by atoms with Gasteiger partial charge in [-0.2, -0.15) is 4.98 Å². The first-order valence-electron chi connectivity index (χ1n) is 8.25. The minimum Gasteiger partial charge on any atom is -0.508 e. The molecule has 8 heteroatoms. The number of phenols is 1. The minimum absolute atomic E-state index is 0.0895. The fraction of sp³-hybridized carbons (Fsp3) is 0.211. The summed E-state index contributed by atoms with van der Waals surface area (Å²) in [5, 5.41) is 32.4. The first kappa shape index (κ1) is 17.2. The topological polar surface area (TPSA) is 126 Å². The Morgan fingerprint density at radius 2 is 1.89 bits per heavy atom. The van der Waals surface area contributed by atoms with Crippen molar-refractivity contribution in [3.63, 3.8) is 0 Å². The van der Waals surface area contributed by atoms with E-state index in [0.717, 1.165) is 0 Å². The molecule has 1 aliphatic rings. The number of ketones is 1. The number of nitrogens with zero attached hydrogens (tertiary/aromatic N) is 2. The number of benzene rings is 2. The van der Waals surface area contributed by atoms with E-state index in [1.807, 2.05) is 0 Å². The van der Waals surface area contributed by atoms with Gasteiger partial charge in [0, 0.05) is 11.1 Å². The fourth-order valence-corrected chi connectivity index (χ4v) is 2.96. The van der Waals surface area contributed by atoms with E-state index >= 15 is 0 Å². The summed E-state index contributed by atoms with van der Waals surface area (Å²) in [7, 11) is 0. The Morgan fingerprint density at radius 3 is 2.63 bits per heavy atom. The predicted molar refractivity (Wildman–Crippen MR) is 93.3 cm³/mol. The summed E-state index contributed by atoms with van der Waals surface area (Å²) in [6.07, 6.45) is -0.130. The molecule has 3 N–H and O–H groups in total. The first-order chi connectivity index (χ1) is 13.0. The van der Waals surface area contributed by atoms with Gasteiger partial charge in [0.2, 0.25) is 5.82 Å². The molecular weight excluding hydrogens is 352 g/mol. The van der Waals surface area contributed by atoms with Gasteiger partial charge in [-0.05, 0) is 30.3 Å². The van der Waals surface area contributed by atoms with Crippen LogP contribution in [0.4, 0.5) is 0 Å². The monoisotopic (exact) mass is 368 g/mol. The standard InChI is InChI=1S/C19H16N2O6/c22-9-19(10-23)8-15(25)14-7-12(4-5-16(14)26-19)18-20-17(21-27-18)11-2-1-3-13(24)6-11/h1-7,22-24H,8-10H2. The van der Waals surface area contributed by atoms with Crippen LogP contribution in [0.25, 0.3) is 22.8 Å². The number of fused-ring (bicyclic) bond motifs is 1. The maximum atomic E-state index is 12.5. The van der Waals surface area contributed by atoms with Crippen LogP contribution in [0.15, 0.2) is 47.0 Å². The van der Waals surface area contributed by atoms with E-state index in [1.165, 1.54) is 6.07 Å². The lowest BCUT2D eigenvalue weighted by Gasteiger charge is -2.34. The quantitative estimate of drug-likeness (QED) is 0.636. The van der Waals surface area contributed by atoms with Crippen molar-refractivity contribution in [3.8, 4) is 34.3 Å². The lowest BCUT2D eigenvalue weighted by atomic mass is 9.90. The van der Waals surface area contributed by atoms with E-state index in [0.29, 0.717) is 22.5 Å². The SMILES string of the molecule is O=C1CC(CO)(CO)Oc2ccc(-c3nc(-c4cccc(O)c4)no3)cc21. The van der Waals surface area contributed by atoms with Crippen molar-refractivity contribution >= 4 is 5.78 Å². The average Bonchev–Trinajstić information content (AvgIpc) is 3.18. The van der Waals surface area contributed by atoms with E-state index < -0.39 is 18.8 Å². The van der Waals surface area contributed by atoms with Gasteiger partial charge < -0.3 is 24.6 Å². The second-order valence-corrected chi connectivity index (χ2v) is 6.39. The van der Waals surface area contributed by atoms with Crippen LogP contribution in [-0.2, 0) is 0 Å². The van der Waals surface area contributed by atoms with Gasteiger partial charge in [0.05, 0.1) is 25.2 Å². The zero-order valence-electron chi connectivity index (χ0n) is 14.1. The molecule has 1 aromatic heterocycles. The molecule has 3 aromatic rings. The van der Waals surface area contributed by atoms with E-state index in [4.69, 9.17) is 9.26 Å². The molecule has 4 rings (SSSR count). The van der Waals surface area contributed by atoms with Crippen molar-refractivity contribution < 1.29 is 29.4 Å². The molecule has 27 heavy (non-hydrogen) atoms. The van der Waals surface area contributed by atoms with Crippen molar-refractivity contribution in [1.29, 1.82) is 0 Å². The molecule has 0 bridgehead atoms. The Kier molecular flexibility index (Phi) is 4.14. The molecule has 0 atom stereocenters. The number of ether oxygens (including phenoxy) is 1. The van der Waals surface area contributed by atoms with Crippen LogP contribution >= 0.6 is 0 Å². The number of carbonyl (C=O) groups is 1. The van der Waals surface area contributed by atoms with Gasteiger partial charge >= 0.3 is 0 Å². The second kappa shape index (κ2) is 6.49. The Balaban J connectivity index is 1.68. The minimum atomic E-state index is -1.31. The van der Waals surface area contributed by atoms with Crippen LogP contribution in [-0.4, -0.2) is 50.1 Å². The molecule has 1 aliphatic heterocycles. The summed E-state index contributed by atoms with van der Waals surface area (Å²) < 4.78 is 10.9. The molecule has 0 spiro atoms. The summed E-state index contributed by atoms with van der Waals surface area (Å²) in [6.45, 7) is -0.930. The van der Waals surface area contributed by atoms with Gasteiger partial charge in [-0.25, -0.2) is 0 Å². The number of hydrogen-bond acceptors (Lipinski definition) is 8. The van der Waals surface area contributed by atoms with E-state index in [2.05, 4.69) is 10.1 Å². The number of aliphatic hydroxyl groups is 2. The lowest BCUT2D eigenvalue weighted by Crippen LogP contribution is -2.48. The highest BCUT2D eigenvalue weighted by Gasteiger charge is 2.40. The molecular formula is C19H16N2O6. The smallest absolute Gasteiger partial charge is 0.258 e. The average molecular weight is 368 g/mol. The number of aliphatic hydroxyl groups excluding tert-OH is 2. The van der Waals surface area contributed by atoms with Crippen LogP contribution < -0.4 is 4.74 Å². The predicted octanol–water partition coefficient (Wildman–Crippen LogP) is 1.80. The van der Waals surface area contributed by atoms with E-state index in [1.54, 1.807) is 36.4 Å². The van der Waals surface area contributed by atoms with Crippen molar-refractivity contribution in [3.05, 3.63) is 48.0 Å². The maximum Gasteiger partial charge on any atom is 0.258 e. The Hall–Kier alpha value is -3.23. The molecule has 8 nitrogen and oxygen atoms in total. The van der Waals surface area contributed by atoms with Crippen molar-refractivity contribution in [2.24, 2.45) is 0 Å². The highest BCUT2D eigenvalue weighted by molar-refractivity contribution is 6.01. The third-order valence-corrected chi connectivity index (χ3v) is 4.44. The van der Waals surface area contributed by atoms with Crippen LogP contribution in [0.2, 0.25) is 0 Å². The maximum absolute atomic E-state index is 12.5. The lowest BCUT2D eigenvalue weighted by molar-refractivity contribution is -0.0403. The molecule has 138 valence electrons. The largest absolute Gasteiger partial charge is 0.508 e. The third-order valence-electron chi connectivity index (χ3n) is 4.44. The zero-order valence-corrected chi connectivity index (χ0v) is 14.1. The number of hydrogen-bond donors (Lipinski definition) is 3. The third kappa shape index (κ3) is 3.05. The van der Waals surface area contributed by atoms with Gasteiger partial charge in [0.15, 0.2) is 11.4 Å². The highest BCUT2D eigenvalue weighted by Crippen LogP contribution is 2.36. The van der Waals surface area contributed by atoms with Crippen LogP contribution in [0.5, 0.6) is 11.5 Å². The fourth-order valence-electron chi connectivity index (χ4n) is 2.96. The van der Waals surface area contributed by atoms with Crippen molar-refractivity contribution in [2.45, 2.75) is 12.0 Å². The van der Waals surface area contributed by atoms with E-state index in [-0.39, 0.29) is 29.6 Å². The van der Waals surface area contributed by atoms with Gasteiger partial charge in [-0.1, -0.05) is 17.3 Å². The molecule has 0 saturated carbocycles. The molecule has 2 heterocycles. The van der Waals surface area contributed by atoms with Gasteiger partial charge in [-0.15, -0.1) is 0 Å². The van der Waals surface area contributed by atoms with Gasteiger partial charge in [0.1, 0.15) is 11.5 Å².